The van der Waals surface area contributed by atoms with Gasteiger partial charge in [0.1, 0.15) is 9.84 Å². The van der Waals surface area contributed by atoms with E-state index in [1.165, 1.54) is 67.9 Å². The standard InChI is InChI=1S/C43H69N3O4S/c1-28(2)32-14-22-43(46(44)27-26-45-24-18-31(19-25-45)51(7,49)50)23-16-35-33(38(32)43)12-13-37-41(35,5)21-17-36-40(3,4)34(15-20-42(36,37)6)29-8-10-30(11-9-29)39(47)48/h8,15,30-33,35-38H,1,9-14,16-27,44H2,2-7H3,(H,47,48)/t30-,32-,33-,35?,36?,37?,38?,41-,42-,43-/m0/s1. The molecule has 0 aromatic heterocycles. The Kier molecular flexibility index (Phi) is 9.92. The lowest BCUT2D eigenvalue weighted by molar-refractivity contribution is -0.186. The number of carboxylic acids is 1. The number of carboxylic acid groups (broad SMARTS) is 1. The van der Waals surface area contributed by atoms with E-state index in [9.17, 15) is 18.3 Å². The second kappa shape index (κ2) is 13.4. The van der Waals surface area contributed by atoms with E-state index in [0.717, 1.165) is 70.6 Å². The molecule has 0 aromatic carbocycles. The second-order valence-corrected chi connectivity index (χ2v) is 22.1. The molecule has 10 atom stereocenters. The Morgan fingerprint density at radius 2 is 1.67 bits per heavy atom. The number of hydrazine groups is 1. The van der Waals surface area contributed by atoms with E-state index in [2.05, 4.69) is 63.3 Å². The molecule has 0 amide bonds. The molecule has 8 heteroatoms. The van der Waals surface area contributed by atoms with Gasteiger partial charge in [0, 0.05) is 24.9 Å². The fourth-order valence-electron chi connectivity index (χ4n) is 14.8. The third-order valence-corrected chi connectivity index (χ3v) is 18.9. The van der Waals surface area contributed by atoms with Gasteiger partial charge in [0.25, 0.3) is 0 Å². The van der Waals surface area contributed by atoms with Crippen molar-refractivity contribution in [3.63, 3.8) is 0 Å². The van der Waals surface area contributed by atoms with E-state index >= 15 is 0 Å². The maximum absolute atomic E-state index is 12.1. The summed E-state index contributed by atoms with van der Waals surface area (Å²) in [5, 5.41) is 11.7. The summed E-state index contributed by atoms with van der Waals surface area (Å²) in [6.07, 6.45) is 21.2. The maximum atomic E-state index is 12.1. The molecule has 4 unspecified atom stereocenters. The molecule has 4 saturated carbocycles. The van der Waals surface area contributed by atoms with Gasteiger partial charge < -0.3 is 10.0 Å². The Balaban J connectivity index is 1.10. The molecule has 1 saturated heterocycles. The number of carbonyl (C=O) groups is 1. The van der Waals surface area contributed by atoms with Crippen LogP contribution in [0.1, 0.15) is 125 Å². The molecule has 6 aliphatic carbocycles. The Morgan fingerprint density at radius 1 is 0.961 bits per heavy atom. The van der Waals surface area contributed by atoms with Crippen molar-refractivity contribution in [2.24, 2.45) is 63.5 Å². The predicted octanol–water partition coefficient (Wildman–Crippen LogP) is 8.04. The first-order valence-corrected chi connectivity index (χ1v) is 22.6. The van der Waals surface area contributed by atoms with Crippen LogP contribution in [0.5, 0.6) is 0 Å². The maximum Gasteiger partial charge on any atom is 0.306 e. The minimum absolute atomic E-state index is 0.0258. The van der Waals surface area contributed by atoms with Crippen molar-refractivity contribution in [3.05, 3.63) is 35.5 Å². The molecular formula is C43H69N3O4S. The molecule has 0 bridgehead atoms. The van der Waals surface area contributed by atoms with Crippen LogP contribution in [0.2, 0.25) is 0 Å². The number of piperidine rings is 1. The fourth-order valence-corrected chi connectivity index (χ4v) is 15.8. The minimum Gasteiger partial charge on any atom is -0.481 e. The number of hydrogen-bond acceptors (Lipinski definition) is 6. The van der Waals surface area contributed by atoms with Gasteiger partial charge in [-0.05, 0) is 173 Å². The summed E-state index contributed by atoms with van der Waals surface area (Å²) in [5.74, 6) is 10.2. The second-order valence-electron chi connectivity index (χ2n) is 19.8. The lowest BCUT2D eigenvalue weighted by Crippen LogP contribution is -2.66. The molecule has 0 aromatic rings. The largest absolute Gasteiger partial charge is 0.481 e. The zero-order chi connectivity index (χ0) is 36.7. The molecular weight excluding hydrogens is 655 g/mol. The lowest BCUT2D eigenvalue weighted by Gasteiger charge is -2.69. The number of nitrogens with two attached hydrogens (primary N) is 1. The molecule has 1 heterocycles. The van der Waals surface area contributed by atoms with E-state index in [1.54, 1.807) is 0 Å². The van der Waals surface area contributed by atoms with Crippen molar-refractivity contribution >= 4 is 15.8 Å². The summed E-state index contributed by atoms with van der Waals surface area (Å²) in [5.41, 5.74) is 5.01. The Bertz CT molecular complexity index is 1560. The number of fused-ring (bicyclic) bond motifs is 7. The van der Waals surface area contributed by atoms with Crippen LogP contribution >= 0.6 is 0 Å². The van der Waals surface area contributed by atoms with E-state index in [0.29, 0.717) is 41.4 Å². The molecule has 3 N–H and O–H groups in total. The van der Waals surface area contributed by atoms with Crippen molar-refractivity contribution in [3.8, 4) is 0 Å². The molecule has 7 rings (SSSR count). The molecule has 7 aliphatic rings. The Hall–Kier alpha value is -1.48. The summed E-state index contributed by atoms with van der Waals surface area (Å²) in [6.45, 7) is 20.7. The van der Waals surface area contributed by atoms with Crippen LogP contribution in [0.3, 0.4) is 0 Å². The van der Waals surface area contributed by atoms with E-state index in [-0.39, 0.29) is 27.5 Å². The fraction of sp³-hybridized carbons (Fsp3) is 0.837. The average Bonchev–Trinajstić information content (AvgIpc) is 3.49. The SMILES string of the molecule is C=C(C)[C@@H]1CC[C@]2(N(N)CCN3CCC(S(C)(=O)=O)CC3)CCC3[C@H](CCC4[C@@]3(C)CCC3C(C)(C)C(C5=CC[C@H](C(=O)O)CC5)=CC[C@@]34C)C12. The molecule has 0 radical (unpaired) electrons. The highest BCUT2D eigenvalue weighted by molar-refractivity contribution is 7.91. The van der Waals surface area contributed by atoms with Gasteiger partial charge >= 0.3 is 5.97 Å². The zero-order valence-corrected chi connectivity index (χ0v) is 33.6. The van der Waals surface area contributed by atoms with Crippen LogP contribution in [-0.2, 0) is 14.6 Å². The third-order valence-electron chi connectivity index (χ3n) is 17.2. The normalized spacial score (nSPS) is 42.9. The van der Waals surface area contributed by atoms with E-state index < -0.39 is 15.8 Å². The van der Waals surface area contributed by atoms with Crippen LogP contribution in [0, 0.1) is 57.7 Å². The number of nitrogens with zero attached hydrogens (tertiary/aromatic N) is 2. The van der Waals surface area contributed by atoms with Crippen LogP contribution in [0.25, 0.3) is 0 Å². The average molecular weight is 724 g/mol. The molecule has 0 spiro atoms. The van der Waals surface area contributed by atoms with Crippen molar-refractivity contribution < 1.29 is 18.3 Å². The van der Waals surface area contributed by atoms with Gasteiger partial charge in [0.2, 0.25) is 0 Å². The summed E-state index contributed by atoms with van der Waals surface area (Å²) >= 11 is 0. The van der Waals surface area contributed by atoms with Gasteiger partial charge in [0.05, 0.1) is 11.2 Å². The highest BCUT2D eigenvalue weighted by atomic mass is 32.2. The smallest absolute Gasteiger partial charge is 0.306 e. The van der Waals surface area contributed by atoms with Crippen LogP contribution in [0.4, 0.5) is 0 Å². The lowest BCUT2D eigenvalue weighted by atomic mass is 9.36. The Labute approximate surface area is 309 Å². The molecule has 286 valence electrons. The first kappa shape index (κ1) is 37.8. The quantitative estimate of drug-likeness (QED) is 0.149. The Morgan fingerprint density at radius 3 is 2.29 bits per heavy atom. The number of hydrogen-bond donors (Lipinski definition) is 2. The number of sulfone groups is 1. The van der Waals surface area contributed by atoms with Crippen molar-refractivity contribution in [1.29, 1.82) is 0 Å². The summed E-state index contributed by atoms with van der Waals surface area (Å²) in [6, 6.07) is 0. The number of likely N-dealkylation sites (tertiary alicyclic amines) is 1. The molecule has 7 nitrogen and oxygen atoms in total. The molecule has 1 aliphatic heterocycles. The monoisotopic (exact) mass is 724 g/mol. The van der Waals surface area contributed by atoms with Gasteiger partial charge in [-0.1, -0.05) is 52.0 Å². The van der Waals surface area contributed by atoms with Gasteiger partial charge in [0.15, 0.2) is 0 Å². The first-order valence-electron chi connectivity index (χ1n) is 20.7. The van der Waals surface area contributed by atoms with Crippen LogP contribution in [-0.4, -0.2) is 72.6 Å². The molecule has 51 heavy (non-hydrogen) atoms. The van der Waals surface area contributed by atoms with Crippen LogP contribution < -0.4 is 5.84 Å². The van der Waals surface area contributed by atoms with Gasteiger partial charge in [-0.15, -0.1) is 0 Å². The van der Waals surface area contributed by atoms with Gasteiger partial charge in [-0.25, -0.2) is 13.4 Å². The first-order chi connectivity index (χ1) is 23.9. The number of allylic oxidation sites excluding steroid dienone is 5. The zero-order valence-electron chi connectivity index (χ0n) is 32.8. The predicted molar refractivity (Wildman–Crippen MR) is 206 cm³/mol. The van der Waals surface area contributed by atoms with E-state index in [1.807, 2.05) is 0 Å². The highest BCUT2D eigenvalue weighted by Gasteiger charge is 2.67. The topological polar surface area (TPSA) is 104 Å². The summed E-state index contributed by atoms with van der Waals surface area (Å²) in [7, 11) is -2.97. The summed E-state index contributed by atoms with van der Waals surface area (Å²) < 4.78 is 24.3. The van der Waals surface area contributed by atoms with Gasteiger partial charge in [-0.3, -0.25) is 10.6 Å². The van der Waals surface area contributed by atoms with Gasteiger partial charge in [-0.2, -0.15) is 0 Å². The van der Waals surface area contributed by atoms with Crippen molar-refractivity contribution in [1.82, 2.24) is 9.91 Å². The minimum atomic E-state index is -2.97. The number of aliphatic carboxylic acids is 1. The van der Waals surface area contributed by atoms with Crippen LogP contribution in [0.15, 0.2) is 35.5 Å². The highest BCUT2D eigenvalue weighted by Crippen LogP contribution is 2.73. The van der Waals surface area contributed by atoms with Crippen molar-refractivity contribution in [2.75, 3.05) is 32.4 Å². The molecule has 5 fully saturated rings. The number of rotatable bonds is 8. The third kappa shape index (κ3) is 6.16. The summed E-state index contributed by atoms with van der Waals surface area (Å²) in [4.78, 5) is 14.1. The van der Waals surface area contributed by atoms with Crippen molar-refractivity contribution in [2.45, 2.75) is 135 Å². The van der Waals surface area contributed by atoms with E-state index in [4.69, 9.17) is 5.84 Å².